The van der Waals surface area contributed by atoms with Gasteiger partial charge in [0.1, 0.15) is 12.4 Å². The van der Waals surface area contributed by atoms with Crippen molar-refractivity contribution in [2.45, 2.75) is 19.8 Å². The highest BCUT2D eigenvalue weighted by molar-refractivity contribution is 5.23. The van der Waals surface area contributed by atoms with Crippen molar-refractivity contribution in [1.82, 2.24) is 4.98 Å². The van der Waals surface area contributed by atoms with Crippen molar-refractivity contribution in [3.05, 3.63) is 24.0 Å². The molecule has 0 aliphatic carbocycles. The molecule has 1 heterocycles. The van der Waals surface area contributed by atoms with E-state index in [9.17, 15) is 8.78 Å². The minimum atomic E-state index is -2.44. The molecular formula is C9H11F2NO. The molecule has 4 heteroatoms. The lowest BCUT2D eigenvalue weighted by Crippen LogP contribution is -2.07. The summed E-state index contributed by atoms with van der Waals surface area (Å²) in [6.45, 7) is 1.39. The molecule has 0 aliphatic rings. The first-order valence-electron chi connectivity index (χ1n) is 4.07. The normalized spacial score (nSPS) is 10.5. The number of hydrogen-bond acceptors (Lipinski definition) is 2. The van der Waals surface area contributed by atoms with Gasteiger partial charge in [0.2, 0.25) is 0 Å². The quantitative estimate of drug-likeness (QED) is 0.721. The number of nitrogens with zero attached hydrogens (tertiary/aromatic N) is 1. The molecule has 0 atom stereocenters. The van der Waals surface area contributed by atoms with Gasteiger partial charge in [-0.05, 0) is 18.1 Å². The van der Waals surface area contributed by atoms with Crippen molar-refractivity contribution in [1.29, 1.82) is 0 Å². The molecular weight excluding hydrogens is 176 g/mol. The number of alkyl halides is 2. The average Bonchev–Trinajstić information content (AvgIpc) is 2.15. The molecule has 0 spiro atoms. The maximum atomic E-state index is 11.8. The molecule has 13 heavy (non-hydrogen) atoms. The fraction of sp³-hybridized carbons (Fsp3) is 0.444. The van der Waals surface area contributed by atoms with Crippen LogP contribution in [0, 0.1) is 0 Å². The summed E-state index contributed by atoms with van der Waals surface area (Å²) in [6.07, 6.45) is 1.50. The van der Waals surface area contributed by atoms with Crippen LogP contribution in [0.5, 0.6) is 5.75 Å². The van der Waals surface area contributed by atoms with Crippen molar-refractivity contribution in [2.24, 2.45) is 0 Å². The SMILES string of the molecule is CCc1cncc(OCC(F)F)c1. The molecule has 0 aromatic carbocycles. The second-order valence-electron chi connectivity index (χ2n) is 2.58. The van der Waals surface area contributed by atoms with E-state index in [1.165, 1.54) is 6.20 Å². The van der Waals surface area contributed by atoms with Gasteiger partial charge in [0, 0.05) is 6.20 Å². The fourth-order valence-electron chi connectivity index (χ4n) is 0.895. The Kier molecular flexibility index (Phi) is 3.61. The third kappa shape index (κ3) is 3.36. The van der Waals surface area contributed by atoms with Gasteiger partial charge in [-0.25, -0.2) is 8.78 Å². The molecule has 0 aliphatic heterocycles. The zero-order valence-corrected chi connectivity index (χ0v) is 7.34. The van der Waals surface area contributed by atoms with Crippen LogP contribution in [0.4, 0.5) is 8.78 Å². The highest BCUT2D eigenvalue weighted by Gasteiger charge is 2.03. The summed E-state index contributed by atoms with van der Waals surface area (Å²) < 4.78 is 28.3. The third-order valence-corrected chi connectivity index (χ3v) is 1.55. The largest absolute Gasteiger partial charge is 0.486 e. The van der Waals surface area contributed by atoms with E-state index in [1.807, 2.05) is 6.92 Å². The first kappa shape index (κ1) is 9.89. The van der Waals surface area contributed by atoms with E-state index in [-0.39, 0.29) is 0 Å². The molecule has 1 aromatic heterocycles. The molecule has 0 fully saturated rings. The molecule has 0 saturated heterocycles. The lowest BCUT2D eigenvalue weighted by molar-refractivity contribution is 0.0817. The lowest BCUT2D eigenvalue weighted by atomic mass is 10.2. The van der Waals surface area contributed by atoms with Crippen molar-refractivity contribution < 1.29 is 13.5 Å². The molecule has 1 aromatic rings. The van der Waals surface area contributed by atoms with E-state index < -0.39 is 13.0 Å². The maximum Gasteiger partial charge on any atom is 0.272 e. The van der Waals surface area contributed by atoms with Gasteiger partial charge in [-0.15, -0.1) is 0 Å². The number of pyridine rings is 1. The molecule has 0 amide bonds. The molecule has 0 unspecified atom stereocenters. The van der Waals surface area contributed by atoms with Gasteiger partial charge in [0.05, 0.1) is 6.20 Å². The van der Waals surface area contributed by atoms with Crippen LogP contribution in [-0.4, -0.2) is 18.0 Å². The van der Waals surface area contributed by atoms with E-state index in [2.05, 4.69) is 4.98 Å². The highest BCUT2D eigenvalue weighted by Crippen LogP contribution is 2.12. The molecule has 72 valence electrons. The topological polar surface area (TPSA) is 22.1 Å². The monoisotopic (exact) mass is 187 g/mol. The summed E-state index contributed by atoms with van der Waals surface area (Å²) in [7, 11) is 0. The van der Waals surface area contributed by atoms with Gasteiger partial charge >= 0.3 is 0 Å². The van der Waals surface area contributed by atoms with Crippen LogP contribution < -0.4 is 4.74 Å². The smallest absolute Gasteiger partial charge is 0.272 e. The Balaban J connectivity index is 2.56. The van der Waals surface area contributed by atoms with E-state index >= 15 is 0 Å². The molecule has 0 saturated carbocycles. The molecule has 0 bridgehead atoms. The lowest BCUT2D eigenvalue weighted by Gasteiger charge is -2.05. The van der Waals surface area contributed by atoms with E-state index in [0.29, 0.717) is 5.75 Å². The summed E-state index contributed by atoms with van der Waals surface area (Å²) in [6, 6.07) is 1.72. The van der Waals surface area contributed by atoms with Crippen molar-refractivity contribution in [3.8, 4) is 5.75 Å². The van der Waals surface area contributed by atoms with Crippen LogP contribution in [0.15, 0.2) is 18.5 Å². The average molecular weight is 187 g/mol. The van der Waals surface area contributed by atoms with Crippen LogP contribution in [-0.2, 0) is 6.42 Å². The van der Waals surface area contributed by atoms with Crippen molar-refractivity contribution >= 4 is 0 Å². The Hall–Kier alpha value is -1.19. The Morgan fingerprint density at radius 3 is 2.85 bits per heavy atom. The number of hydrogen-bond donors (Lipinski definition) is 0. The Bertz CT molecular complexity index is 266. The molecule has 0 radical (unpaired) electrons. The number of rotatable bonds is 4. The Morgan fingerprint density at radius 2 is 2.23 bits per heavy atom. The number of aryl methyl sites for hydroxylation is 1. The van der Waals surface area contributed by atoms with Crippen molar-refractivity contribution in [3.63, 3.8) is 0 Å². The van der Waals surface area contributed by atoms with E-state index in [0.717, 1.165) is 12.0 Å². The summed E-state index contributed by atoms with van der Waals surface area (Å²) in [5, 5.41) is 0. The zero-order valence-electron chi connectivity index (χ0n) is 7.34. The molecule has 2 nitrogen and oxygen atoms in total. The summed E-state index contributed by atoms with van der Waals surface area (Å²) in [5.74, 6) is 0.402. The van der Waals surface area contributed by atoms with Crippen LogP contribution in [0.1, 0.15) is 12.5 Å². The maximum absolute atomic E-state index is 11.8. The summed E-state index contributed by atoms with van der Waals surface area (Å²) in [5.41, 5.74) is 0.978. The minimum Gasteiger partial charge on any atom is -0.486 e. The summed E-state index contributed by atoms with van der Waals surface area (Å²) in [4.78, 5) is 3.86. The second kappa shape index (κ2) is 4.74. The van der Waals surface area contributed by atoms with Crippen LogP contribution in [0.3, 0.4) is 0 Å². The van der Waals surface area contributed by atoms with Gasteiger partial charge in [-0.2, -0.15) is 0 Å². The van der Waals surface area contributed by atoms with Gasteiger partial charge < -0.3 is 4.74 Å². The second-order valence-corrected chi connectivity index (χ2v) is 2.58. The third-order valence-electron chi connectivity index (χ3n) is 1.55. The predicted molar refractivity (Wildman–Crippen MR) is 45.1 cm³/mol. The van der Waals surface area contributed by atoms with E-state index in [1.54, 1.807) is 12.3 Å². The fourth-order valence-corrected chi connectivity index (χ4v) is 0.895. The van der Waals surface area contributed by atoms with E-state index in [4.69, 9.17) is 4.74 Å². The number of ether oxygens (including phenoxy) is 1. The van der Waals surface area contributed by atoms with Crippen molar-refractivity contribution in [2.75, 3.05) is 6.61 Å². The Morgan fingerprint density at radius 1 is 1.46 bits per heavy atom. The van der Waals surface area contributed by atoms with Gasteiger partial charge in [-0.3, -0.25) is 4.98 Å². The number of halogens is 2. The molecule has 0 N–H and O–H groups in total. The molecule has 1 rings (SSSR count). The number of aromatic nitrogens is 1. The predicted octanol–water partition coefficient (Wildman–Crippen LogP) is 2.29. The van der Waals surface area contributed by atoms with Gasteiger partial charge in [-0.1, -0.05) is 6.92 Å². The Labute approximate surface area is 75.6 Å². The summed E-state index contributed by atoms with van der Waals surface area (Å²) >= 11 is 0. The highest BCUT2D eigenvalue weighted by atomic mass is 19.3. The van der Waals surface area contributed by atoms with Gasteiger partial charge in [0.15, 0.2) is 0 Å². The van der Waals surface area contributed by atoms with Crippen LogP contribution in [0.25, 0.3) is 0 Å². The first-order chi connectivity index (χ1) is 6.22. The standard InChI is InChI=1S/C9H11F2NO/c1-2-7-3-8(5-12-4-7)13-6-9(10)11/h3-5,9H,2,6H2,1H3. The minimum absolute atomic E-state index is 0.402. The van der Waals surface area contributed by atoms with Crippen LogP contribution >= 0.6 is 0 Å². The first-order valence-corrected chi connectivity index (χ1v) is 4.07. The zero-order chi connectivity index (χ0) is 9.68. The van der Waals surface area contributed by atoms with Crippen LogP contribution in [0.2, 0.25) is 0 Å². The van der Waals surface area contributed by atoms with Gasteiger partial charge in [0.25, 0.3) is 6.43 Å².